The number of carbonyl (C=O) groups is 2. The topological polar surface area (TPSA) is 89.2 Å². The molecule has 142 valence electrons. The van der Waals surface area contributed by atoms with Crippen molar-refractivity contribution in [3.8, 4) is 0 Å². The number of nitrogens with one attached hydrogen (secondary N) is 1. The van der Waals surface area contributed by atoms with Crippen molar-refractivity contribution >= 4 is 11.8 Å². The number of hydrogen-bond donors (Lipinski definition) is 1. The molecule has 1 N–H and O–H groups in total. The standard InChI is InChI=1S/C19H23N5O3/c1-12-3-4-22(17(26)5-12)11-18(27)24-9-14-6-15(24)19(14)21-16(25)10-23-8-13(2)7-20-23/h3-5,7-8,14-15,19H,6,9-11H2,1-2H3,(H,21,25). The molecule has 0 aromatic carbocycles. The summed E-state index contributed by atoms with van der Waals surface area (Å²) in [6, 6.07) is 3.36. The van der Waals surface area contributed by atoms with Crippen LogP contribution in [0.5, 0.6) is 0 Å². The smallest absolute Gasteiger partial charge is 0.251 e. The largest absolute Gasteiger partial charge is 0.349 e. The molecule has 3 unspecified atom stereocenters. The summed E-state index contributed by atoms with van der Waals surface area (Å²) < 4.78 is 3.04. The lowest BCUT2D eigenvalue weighted by atomic mass is 9.80. The Morgan fingerprint density at radius 3 is 2.78 bits per heavy atom. The maximum Gasteiger partial charge on any atom is 0.251 e. The second-order valence-corrected chi connectivity index (χ2v) is 7.59. The van der Waals surface area contributed by atoms with Crippen molar-refractivity contribution in [2.45, 2.75) is 45.4 Å². The van der Waals surface area contributed by atoms with Crippen LogP contribution < -0.4 is 10.9 Å². The maximum atomic E-state index is 12.7. The third-order valence-corrected chi connectivity index (χ3v) is 5.47. The van der Waals surface area contributed by atoms with Crippen molar-refractivity contribution in [1.29, 1.82) is 0 Å². The minimum absolute atomic E-state index is 0.00662. The van der Waals surface area contributed by atoms with Gasteiger partial charge in [0.25, 0.3) is 5.56 Å². The van der Waals surface area contributed by atoms with Gasteiger partial charge in [0, 0.05) is 30.9 Å². The number of amides is 2. The maximum absolute atomic E-state index is 12.7. The molecule has 0 spiro atoms. The monoisotopic (exact) mass is 369 g/mol. The molecule has 0 radical (unpaired) electrons. The molecule has 8 nitrogen and oxygen atoms in total. The number of rotatable bonds is 5. The first kappa shape index (κ1) is 17.5. The lowest BCUT2D eigenvalue weighted by molar-refractivity contribution is -0.133. The number of nitrogens with zero attached hydrogens (tertiary/aromatic N) is 4. The van der Waals surface area contributed by atoms with Crippen LogP contribution in [-0.4, -0.2) is 49.7 Å². The van der Waals surface area contributed by atoms with Crippen LogP contribution in [0.1, 0.15) is 17.5 Å². The summed E-state index contributed by atoms with van der Waals surface area (Å²) in [5, 5.41) is 7.17. The second-order valence-electron chi connectivity index (χ2n) is 7.59. The highest BCUT2D eigenvalue weighted by atomic mass is 16.2. The molecule has 1 aliphatic carbocycles. The van der Waals surface area contributed by atoms with Gasteiger partial charge in [0.05, 0.1) is 18.3 Å². The van der Waals surface area contributed by atoms with Gasteiger partial charge < -0.3 is 14.8 Å². The molecule has 27 heavy (non-hydrogen) atoms. The Bertz CT molecular complexity index is 947. The van der Waals surface area contributed by atoms with Crippen LogP contribution in [0.4, 0.5) is 0 Å². The van der Waals surface area contributed by atoms with Gasteiger partial charge in [0.2, 0.25) is 11.8 Å². The molecule has 2 amide bonds. The molecule has 3 fully saturated rings. The summed E-state index contributed by atoms with van der Waals surface area (Å²) in [5.41, 5.74) is 1.71. The van der Waals surface area contributed by atoms with E-state index in [1.54, 1.807) is 22.0 Å². The quantitative estimate of drug-likeness (QED) is 0.808. The molecule has 2 aromatic rings. The molecule has 3 aliphatic rings. The summed E-state index contributed by atoms with van der Waals surface area (Å²) in [7, 11) is 0. The normalized spacial score (nSPS) is 23.2. The van der Waals surface area contributed by atoms with Gasteiger partial charge in [-0.3, -0.25) is 19.1 Å². The predicted molar refractivity (Wildman–Crippen MR) is 97.9 cm³/mol. The average Bonchev–Trinajstić information content (AvgIpc) is 3.30. The lowest BCUT2D eigenvalue weighted by Crippen LogP contribution is -2.56. The van der Waals surface area contributed by atoms with Crippen LogP contribution in [0, 0.1) is 19.8 Å². The van der Waals surface area contributed by atoms with E-state index >= 15 is 0 Å². The Kier molecular flexibility index (Phi) is 4.33. The molecule has 2 aromatic heterocycles. The number of hydrogen-bond acceptors (Lipinski definition) is 4. The van der Waals surface area contributed by atoms with Gasteiger partial charge in [-0.15, -0.1) is 0 Å². The first-order valence-electron chi connectivity index (χ1n) is 9.15. The molecule has 4 heterocycles. The van der Waals surface area contributed by atoms with Crippen LogP contribution in [0.2, 0.25) is 0 Å². The Hall–Kier alpha value is -2.90. The molecule has 5 rings (SSSR count). The summed E-state index contributed by atoms with van der Waals surface area (Å²) in [4.78, 5) is 38.7. The number of pyridine rings is 1. The molecule has 2 bridgehead atoms. The zero-order valence-corrected chi connectivity index (χ0v) is 15.5. The van der Waals surface area contributed by atoms with E-state index in [1.165, 1.54) is 10.6 Å². The van der Waals surface area contributed by atoms with E-state index < -0.39 is 0 Å². The fourth-order valence-corrected chi connectivity index (χ4v) is 4.03. The van der Waals surface area contributed by atoms with Gasteiger partial charge in [0.1, 0.15) is 13.1 Å². The number of aryl methyl sites for hydroxylation is 2. The summed E-state index contributed by atoms with van der Waals surface area (Å²) in [6.45, 7) is 4.62. The highest BCUT2D eigenvalue weighted by Gasteiger charge is 2.54. The van der Waals surface area contributed by atoms with Crippen LogP contribution in [0.3, 0.4) is 0 Å². The first-order chi connectivity index (χ1) is 12.9. The average molecular weight is 369 g/mol. The summed E-state index contributed by atoms with van der Waals surface area (Å²) >= 11 is 0. The van der Waals surface area contributed by atoms with E-state index in [-0.39, 0.29) is 48.5 Å². The van der Waals surface area contributed by atoms with Crippen LogP contribution in [0.25, 0.3) is 0 Å². The van der Waals surface area contributed by atoms with Gasteiger partial charge in [-0.05, 0) is 37.5 Å². The lowest BCUT2D eigenvalue weighted by Gasteiger charge is -2.37. The van der Waals surface area contributed by atoms with Crippen molar-refractivity contribution in [3.05, 3.63) is 52.2 Å². The van der Waals surface area contributed by atoms with E-state index in [0.29, 0.717) is 6.54 Å². The SMILES string of the molecule is Cc1ccn(CC(=O)N2CC3CC2C3NC(=O)Cn2cc(C)cn2)c(=O)c1. The summed E-state index contributed by atoms with van der Waals surface area (Å²) in [6.07, 6.45) is 6.10. The Morgan fingerprint density at radius 1 is 1.26 bits per heavy atom. The van der Waals surface area contributed by atoms with E-state index in [2.05, 4.69) is 10.4 Å². The van der Waals surface area contributed by atoms with E-state index in [0.717, 1.165) is 17.5 Å². The number of aromatic nitrogens is 3. The van der Waals surface area contributed by atoms with Crippen LogP contribution in [0.15, 0.2) is 35.5 Å². The zero-order chi connectivity index (χ0) is 19.1. The number of fused-ring (bicyclic) bond motifs is 1. The van der Waals surface area contributed by atoms with Gasteiger partial charge >= 0.3 is 0 Å². The fourth-order valence-electron chi connectivity index (χ4n) is 4.03. The Balaban J connectivity index is 1.35. The molecule has 8 heteroatoms. The minimum Gasteiger partial charge on any atom is -0.349 e. The van der Waals surface area contributed by atoms with Crippen molar-refractivity contribution in [3.63, 3.8) is 0 Å². The van der Waals surface area contributed by atoms with E-state index in [9.17, 15) is 14.4 Å². The summed E-state index contributed by atoms with van der Waals surface area (Å²) in [5.74, 6) is 0.117. The Morgan fingerprint density at radius 2 is 2.07 bits per heavy atom. The number of carbonyl (C=O) groups excluding carboxylic acids is 2. The first-order valence-corrected chi connectivity index (χ1v) is 9.15. The van der Waals surface area contributed by atoms with Gasteiger partial charge in [-0.2, -0.15) is 5.10 Å². The Labute approximate surface area is 156 Å². The van der Waals surface area contributed by atoms with Gasteiger partial charge in [0.15, 0.2) is 0 Å². The zero-order valence-electron chi connectivity index (χ0n) is 15.5. The van der Waals surface area contributed by atoms with E-state index in [1.807, 2.05) is 26.1 Å². The van der Waals surface area contributed by atoms with Crippen molar-refractivity contribution in [1.82, 2.24) is 24.6 Å². The van der Waals surface area contributed by atoms with Crippen LogP contribution in [-0.2, 0) is 22.7 Å². The van der Waals surface area contributed by atoms with Gasteiger partial charge in [-0.1, -0.05) is 0 Å². The van der Waals surface area contributed by atoms with E-state index in [4.69, 9.17) is 0 Å². The highest BCUT2D eigenvalue weighted by molar-refractivity contribution is 5.79. The molecular weight excluding hydrogens is 346 g/mol. The second kappa shape index (κ2) is 6.68. The van der Waals surface area contributed by atoms with Crippen molar-refractivity contribution in [2.75, 3.05) is 6.54 Å². The third kappa shape index (κ3) is 3.39. The predicted octanol–water partition coefficient (Wildman–Crippen LogP) is 0.0773. The van der Waals surface area contributed by atoms with Crippen molar-refractivity contribution in [2.24, 2.45) is 5.92 Å². The molecule has 1 saturated carbocycles. The minimum atomic E-state index is -0.172. The molecule has 3 atom stereocenters. The molecular formula is C19H23N5O3. The fraction of sp³-hybridized carbons (Fsp3) is 0.474. The molecule has 2 saturated heterocycles. The molecule has 2 aliphatic heterocycles. The van der Waals surface area contributed by atoms with Gasteiger partial charge in [-0.25, -0.2) is 0 Å². The van der Waals surface area contributed by atoms with Crippen LogP contribution >= 0.6 is 0 Å². The highest BCUT2D eigenvalue weighted by Crippen LogP contribution is 2.41. The third-order valence-electron chi connectivity index (χ3n) is 5.47. The van der Waals surface area contributed by atoms with Crippen molar-refractivity contribution < 1.29 is 9.59 Å².